The number of hydrogen-bond donors (Lipinski definition) is 1. The number of hydrogen-bond acceptors (Lipinski definition) is 6. The maximum atomic E-state index is 11.5. The minimum atomic E-state index is -0.476. The summed E-state index contributed by atoms with van der Waals surface area (Å²) < 4.78 is 9.62. The van der Waals surface area contributed by atoms with Crippen molar-refractivity contribution in [2.24, 2.45) is 0 Å². The third kappa shape index (κ3) is 4.10. The molecule has 1 aromatic heterocycles. The highest BCUT2D eigenvalue weighted by atomic mass is 32.2. The van der Waals surface area contributed by atoms with Crippen molar-refractivity contribution in [2.45, 2.75) is 18.7 Å². The Morgan fingerprint density at radius 3 is 2.71 bits per heavy atom. The lowest BCUT2D eigenvalue weighted by Gasteiger charge is -2.03. The van der Waals surface area contributed by atoms with Gasteiger partial charge in [0.25, 0.3) is 0 Å². The Balaban J connectivity index is 2.57. The number of H-pyrrole nitrogens is 1. The number of aromatic amines is 1. The van der Waals surface area contributed by atoms with Crippen molar-refractivity contribution in [3.63, 3.8) is 0 Å². The number of aromatic nitrogens is 2. The molecule has 6 nitrogen and oxygen atoms in total. The van der Waals surface area contributed by atoms with E-state index in [9.17, 15) is 9.59 Å². The van der Waals surface area contributed by atoms with Crippen LogP contribution in [0.1, 0.15) is 24.3 Å². The first-order valence-electron chi connectivity index (χ1n) is 5.17. The Hall–Kier alpha value is -1.50. The quantitative estimate of drug-likeness (QED) is 0.610. The van der Waals surface area contributed by atoms with Crippen molar-refractivity contribution in [1.82, 2.24) is 10.2 Å². The van der Waals surface area contributed by atoms with E-state index in [-0.39, 0.29) is 17.4 Å². The average Bonchev–Trinajstić information content (AvgIpc) is 2.75. The van der Waals surface area contributed by atoms with Crippen LogP contribution >= 0.6 is 11.8 Å². The van der Waals surface area contributed by atoms with Crippen molar-refractivity contribution in [2.75, 3.05) is 19.0 Å². The van der Waals surface area contributed by atoms with Gasteiger partial charge in [0, 0.05) is 0 Å². The Morgan fingerprint density at radius 2 is 2.06 bits per heavy atom. The van der Waals surface area contributed by atoms with Crippen LogP contribution in [0.5, 0.6) is 0 Å². The van der Waals surface area contributed by atoms with E-state index in [0.717, 1.165) is 0 Å². The molecule has 17 heavy (non-hydrogen) atoms. The van der Waals surface area contributed by atoms with Gasteiger partial charge in [0.15, 0.2) is 5.69 Å². The lowest BCUT2D eigenvalue weighted by atomic mass is 10.4. The molecule has 94 valence electrons. The fourth-order valence-corrected chi connectivity index (χ4v) is 1.83. The summed E-state index contributed by atoms with van der Waals surface area (Å²) in [5, 5.41) is 6.30. The van der Waals surface area contributed by atoms with Gasteiger partial charge in [0.1, 0.15) is 0 Å². The lowest BCUT2D eigenvalue weighted by molar-refractivity contribution is -0.139. The van der Waals surface area contributed by atoms with Crippen LogP contribution < -0.4 is 0 Å². The van der Waals surface area contributed by atoms with Gasteiger partial charge in [-0.05, 0) is 13.8 Å². The monoisotopic (exact) mass is 258 g/mol. The van der Waals surface area contributed by atoms with E-state index in [1.54, 1.807) is 13.8 Å². The largest absolute Gasteiger partial charge is 0.465 e. The molecule has 0 unspecified atom stereocenters. The van der Waals surface area contributed by atoms with Gasteiger partial charge in [0.2, 0.25) is 0 Å². The van der Waals surface area contributed by atoms with Crippen molar-refractivity contribution in [1.29, 1.82) is 0 Å². The number of esters is 2. The molecular weight excluding hydrogens is 244 g/mol. The van der Waals surface area contributed by atoms with Crippen molar-refractivity contribution in [3.05, 3.63) is 11.9 Å². The zero-order valence-corrected chi connectivity index (χ0v) is 10.5. The summed E-state index contributed by atoms with van der Waals surface area (Å²) in [7, 11) is 0. The van der Waals surface area contributed by atoms with Gasteiger partial charge in [-0.25, -0.2) is 4.79 Å². The highest BCUT2D eigenvalue weighted by Gasteiger charge is 2.16. The minimum absolute atomic E-state index is 0.139. The smallest absolute Gasteiger partial charge is 0.357 e. The van der Waals surface area contributed by atoms with Gasteiger partial charge in [-0.1, -0.05) is 0 Å². The standard InChI is InChI=1S/C10H14N2O4S/c1-3-15-8(13)6-17-7-5-11-12-9(7)10(14)16-4-2/h5H,3-4,6H2,1-2H3,(H,11,12). The molecule has 0 aromatic carbocycles. The number of carbonyl (C=O) groups is 2. The third-order valence-corrected chi connectivity index (χ3v) is 2.74. The molecule has 0 radical (unpaired) electrons. The molecule has 1 rings (SSSR count). The normalized spacial score (nSPS) is 10.0. The van der Waals surface area contributed by atoms with Crippen LogP contribution in [0.4, 0.5) is 0 Å². The van der Waals surface area contributed by atoms with Crippen LogP contribution in [0.2, 0.25) is 0 Å². The molecule has 1 aromatic rings. The Morgan fingerprint density at radius 1 is 1.35 bits per heavy atom. The van der Waals surface area contributed by atoms with E-state index in [2.05, 4.69) is 10.2 Å². The Bertz CT molecular complexity index is 391. The SMILES string of the molecule is CCOC(=O)CSc1cn[nH]c1C(=O)OCC. The highest BCUT2D eigenvalue weighted by Crippen LogP contribution is 2.21. The molecule has 0 aliphatic rings. The minimum Gasteiger partial charge on any atom is -0.465 e. The number of carbonyl (C=O) groups excluding carboxylic acids is 2. The molecule has 0 saturated heterocycles. The second kappa shape index (κ2) is 6.95. The van der Waals surface area contributed by atoms with E-state index in [0.29, 0.717) is 18.1 Å². The topological polar surface area (TPSA) is 81.3 Å². The van der Waals surface area contributed by atoms with E-state index >= 15 is 0 Å². The number of rotatable bonds is 6. The molecule has 0 aliphatic carbocycles. The Labute approximate surface area is 103 Å². The first kappa shape index (κ1) is 13.6. The van der Waals surface area contributed by atoms with Crippen LogP contribution in [-0.2, 0) is 14.3 Å². The second-order valence-corrected chi connectivity index (χ2v) is 3.94. The summed E-state index contributed by atoms with van der Waals surface area (Å²) in [4.78, 5) is 23.2. The first-order valence-corrected chi connectivity index (χ1v) is 6.16. The molecule has 1 N–H and O–H groups in total. The van der Waals surface area contributed by atoms with E-state index in [1.165, 1.54) is 18.0 Å². The molecule has 0 fully saturated rings. The van der Waals surface area contributed by atoms with Crippen molar-refractivity contribution >= 4 is 23.7 Å². The van der Waals surface area contributed by atoms with Crippen molar-refractivity contribution in [3.8, 4) is 0 Å². The van der Waals surface area contributed by atoms with Crippen LogP contribution in [0, 0.1) is 0 Å². The molecule has 0 atom stereocenters. The van der Waals surface area contributed by atoms with Gasteiger partial charge in [-0.2, -0.15) is 5.10 Å². The Kier molecular flexibility index (Phi) is 5.55. The second-order valence-electron chi connectivity index (χ2n) is 2.92. The maximum Gasteiger partial charge on any atom is 0.357 e. The van der Waals surface area contributed by atoms with Gasteiger partial charge in [0.05, 0.1) is 30.1 Å². The number of nitrogens with zero attached hydrogens (tertiary/aromatic N) is 1. The van der Waals surface area contributed by atoms with E-state index in [1.807, 2.05) is 0 Å². The molecular formula is C10H14N2O4S. The summed E-state index contributed by atoms with van der Waals surface area (Å²) in [5.41, 5.74) is 0.265. The molecule has 0 spiro atoms. The molecule has 0 amide bonds. The summed E-state index contributed by atoms with van der Waals surface area (Å²) in [5.74, 6) is -0.662. The summed E-state index contributed by atoms with van der Waals surface area (Å²) in [6.45, 7) is 4.10. The molecule has 0 aliphatic heterocycles. The zero-order valence-electron chi connectivity index (χ0n) is 9.69. The number of nitrogens with one attached hydrogen (secondary N) is 1. The van der Waals surface area contributed by atoms with Gasteiger partial charge in [-0.3, -0.25) is 9.89 Å². The van der Waals surface area contributed by atoms with E-state index in [4.69, 9.17) is 9.47 Å². The van der Waals surface area contributed by atoms with E-state index < -0.39 is 5.97 Å². The van der Waals surface area contributed by atoms with Gasteiger partial charge in [-0.15, -0.1) is 11.8 Å². The third-order valence-electron chi connectivity index (χ3n) is 1.73. The molecule has 0 bridgehead atoms. The van der Waals surface area contributed by atoms with Crippen molar-refractivity contribution < 1.29 is 19.1 Å². The predicted molar refractivity (Wildman–Crippen MR) is 61.9 cm³/mol. The zero-order chi connectivity index (χ0) is 12.7. The summed E-state index contributed by atoms with van der Waals surface area (Å²) in [6.07, 6.45) is 1.48. The summed E-state index contributed by atoms with van der Waals surface area (Å²) >= 11 is 1.19. The van der Waals surface area contributed by atoms with Gasteiger partial charge < -0.3 is 9.47 Å². The number of thioether (sulfide) groups is 1. The van der Waals surface area contributed by atoms with Crippen LogP contribution in [0.15, 0.2) is 11.1 Å². The number of ether oxygens (including phenoxy) is 2. The fraction of sp³-hybridized carbons (Fsp3) is 0.500. The summed E-state index contributed by atoms with van der Waals surface area (Å²) in [6, 6.07) is 0. The molecule has 1 heterocycles. The first-order chi connectivity index (χ1) is 8.19. The van der Waals surface area contributed by atoms with Crippen LogP contribution in [0.3, 0.4) is 0 Å². The van der Waals surface area contributed by atoms with Crippen LogP contribution in [0.25, 0.3) is 0 Å². The molecule has 0 saturated carbocycles. The lowest BCUT2D eigenvalue weighted by Crippen LogP contribution is -2.09. The molecule has 7 heteroatoms. The van der Waals surface area contributed by atoms with Crippen LogP contribution in [-0.4, -0.2) is 41.1 Å². The highest BCUT2D eigenvalue weighted by molar-refractivity contribution is 8.00. The maximum absolute atomic E-state index is 11.5. The van der Waals surface area contributed by atoms with Gasteiger partial charge >= 0.3 is 11.9 Å². The average molecular weight is 258 g/mol. The fourth-order valence-electron chi connectivity index (χ4n) is 1.07. The predicted octanol–water partition coefficient (Wildman–Crippen LogP) is 1.24.